The van der Waals surface area contributed by atoms with Gasteiger partial charge in [-0.3, -0.25) is 4.90 Å². The zero-order valence-electron chi connectivity index (χ0n) is 18.7. The average molecular weight is 424 g/mol. The summed E-state index contributed by atoms with van der Waals surface area (Å²) >= 11 is 0. The van der Waals surface area contributed by atoms with Crippen molar-refractivity contribution in [1.29, 1.82) is 0 Å². The van der Waals surface area contributed by atoms with E-state index in [0.717, 1.165) is 6.54 Å². The van der Waals surface area contributed by atoms with Crippen LogP contribution in [0.3, 0.4) is 0 Å². The van der Waals surface area contributed by atoms with Gasteiger partial charge in [0.05, 0.1) is 12.7 Å². The fourth-order valence-corrected chi connectivity index (χ4v) is 7.75. The van der Waals surface area contributed by atoms with E-state index in [2.05, 4.69) is 84.7 Å². The summed E-state index contributed by atoms with van der Waals surface area (Å²) in [5, 5.41) is 0. The van der Waals surface area contributed by atoms with Crippen LogP contribution in [-0.2, 0) is 10.2 Å². The maximum Gasteiger partial charge on any atom is 0.337 e. The molecule has 1 spiro atoms. The van der Waals surface area contributed by atoms with Crippen molar-refractivity contribution in [2.75, 3.05) is 20.7 Å². The lowest BCUT2D eigenvalue weighted by molar-refractivity contribution is 0.0398. The standard InChI is InChI=1S/C29H29NO2/c1-30-17-24-25(20-10-5-3-6-11-20)28(23-15-9-14-22(16-23)27(31)32-2)18-29(24,19-28)26(30)21-12-7-4-8-13-21/h3-16,24-26H,17-19H2,1-2H3/t24-,25?,26-,28?,29?/m1/s1. The monoisotopic (exact) mass is 423 g/mol. The van der Waals surface area contributed by atoms with Gasteiger partial charge in [0.2, 0.25) is 0 Å². The van der Waals surface area contributed by atoms with Crippen molar-refractivity contribution in [3.05, 3.63) is 107 Å². The number of nitrogens with zero attached hydrogens (tertiary/aromatic N) is 1. The Labute approximate surface area is 190 Å². The first-order valence-electron chi connectivity index (χ1n) is 11.6. The number of carbonyl (C=O) groups excluding carboxylic acids is 1. The van der Waals surface area contributed by atoms with Gasteiger partial charge in [0.25, 0.3) is 0 Å². The fraction of sp³-hybridized carbons (Fsp3) is 0.345. The number of rotatable bonds is 4. The second-order valence-corrected chi connectivity index (χ2v) is 10.1. The van der Waals surface area contributed by atoms with Crippen molar-refractivity contribution >= 4 is 5.97 Å². The lowest BCUT2D eigenvalue weighted by Gasteiger charge is -2.53. The Bertz CT molecular complexity index is 1150. The summed E-state index contributed by atoms with van der Waals surface area (Å²) in [6.45, 7) is 1.11. The lowest BCUT2D eigenvalue weighted by atomic mass is 9.52. The molecule has 3 saturated carbocycles. The van der Waals surface area contributed by atoms with Crippen molar-refractivity contribution in [2.24, 2.45) is 11.3 Å². The van der Waals surface area contributed by atoms with E-state index in [1.54, 1.807) is 0 Å². The summed E-state index contributed by atoms with van der Waals surface area (Å²) < 4.78 is 5.03. The van der Waals surface area contributed by atoms with Crippen LogP contribution in [-0.4, -0.2) is 31.6 Å². The number of carbonyl (C=O) groups is 1. The first kappa shape index (κ1) is 19.8. The molecule has 3 nitrogen and oxygen atoms in total. The van der Waals surface area contributed by atoms with Crippen molar-refractivity contribution in [1.82, 2.24) is 4.90 Å². The number of benzene rings is 3. The maximum atomic E-state index is 12.3. The summed E-state index contributed by atoms with van der Waals surface area (Å²) in [6, 6.07) is 30.8. The second-order valence-electron chi connectivity index (χ2n) is 10.1. The molecule has 4 aliphatic rings. The highest BCUT2D eigenvalue weighted by atomic mass is 16.5. The van der Waals surface area contributed by atoms with Gasteiger partial charge in [-0.2, -0.15) is 0 Å². The predicted octanol–water partition coefficient (Wildman–Crippen LogP) is 5.59. The van der Waals surface area contributed by atoms with Crippen LogP contribution in [0.2, 0.25) is 0 Å². The Morgan fingerprint density at radius 1 is 0.906 bits per heavy atom. The molecular formula is C29H29NO2. The minimum Gasteiger partial charge on any atom is -0.465 e. The zero-order valence-corrected chi connectivity index (χ0v) is 18.7. The first-order valence-corrected chi connectivity index (χ1v) is 11.6. The molecule has 1 heterocycles. The highest BCUT2D eigenvalue weighted by molar-refractivity contribution is 5.89. The summed E-state index contributed by atoms with van der Waals surface area (Å²) in [4.78, 5) is 14.9. The van der Waals surface area contributed by atoms with Crippen LogP contribution < -0.4 is 0 Å². The molecule has 0 amide bonds. The van der Waals surface area contributed by atoms with Crippen LogP contribution >= 0.6 is 0 Å². The lowest BCUT2D eigenvalue weighted by Crippen LogP contribution is -2.47. The van der Waals surface area contributed by atoms with Crippen LogP contribution in [0.25, 0.3) is 0 Å². The van der Waals surface area contributed by atoms with Gasteiger partial charge in [-0.05, 0) is 66.0 Å². The quantitative estimate of drug-likeness (QED) is 0.512. The highest BCUT2D eigenvalue weighted by Crippen LogP contribution is 2.81. The Balaban J connectivity index is 1.49. The van der Waals surface area contributed by atoms with Gasteiger partial charge >= 0.3 is 5.97 Å². The van der Waals surface area contributed by atoms with E-state index in [1.165, 1.54) is 36.6 Å². The smallest absolute Gasteiger partial charge is 0.337 e. The Kier molecular flexibility index (Phi) is 4.35. The second kappa shape index (κ2) is 7.05. The van der Waals surface area contributed by atoms with Gasteiger partial charge in [-0.1, -0.05) is 72.8 Å². The summed E-state index contributed by atoms with van der Waals surface area (Å²) in [5.41, 5.74) is 5.16. The number of hydrogen-bond donors (Lipinski definition) is 0. The van der Waals surface area contributed by atoms with Crippen molar-refractivity contribution in [3.8, 4) is 0 Å². The maximum absolute atomic E-state index is 12.3. The molecule has 4 fully saturated rings. The molecule has 0 aromatic heterocycles. The molecule has 1 saturated heterocycles. The van der Waals surface area contributed by atoms with E-state index < -0.39 is 0 Å². The van der Waals surface area contributed by atoms with Crippen molar-refractivity contribution in [2.45, 2.75) is 30.2 Å². The van der Waals surface area contributed by atoms with Gasteiger partial charge in [-0.15, -0.1) is 0 Å². The summed E-state index contributed by atoms with van der Waals surface area (Å²) in [7, 11) is 3.75. The van der Waals surface area contributed by atoms with E-state index in [1.807, 2.05) is 12.1 Å². The highest BCUT2D eigenvalue weighted by Gasteiger charge is 2.76. The fourth-order valence-electron chi connectivity index (χ4n) is 7.75. The number of esters is 1. The minimum atomic E-state index is -0.256. The molecule has 3 aromatic carbocycles. The van der Waals surface area contributed by atoms with Gasteiger partial charge in [0.15, 0.2) is 0 Å². The van der Waals surface area contributed by atoms with Crippen molar-refractivity contribution in [3.63, 3.8) is 0 Å². The SMILES string of the molecule is COC(=O)c1cccc(C23CC4(C2)[C@H](CN(C)[C@@H]4c2ccccc2)C3c2ccccc2)c1. The molecule has 162 valence electrons. The van der Waals surface area contributed by atoms with Gasteiger partial charge in [0, 0.05) is 18.0 Å². The third kappa shape index (κ3) is 2.55. The van der Waals surface area contributed by atoms with Crippen molar-refractivity contribution < 1.29 is 9.53 Å². The van der Waals surface area contributed by atoms with Gasteiger partial charge in [-0.25, -0.2) is 4.79 Å². The molecular weight excluding hydrogens is 394 g/mol. The van der Waals surface area contributed by atoms with Gasteiger partial charge < -0.3 is 4.74 Å². The van der Waals surface area contributed by atoms with Crippen LogP contribution in [0.4, 0.5) is 0 Å². The van der Waals surface area contributed by atoms with Gasteiger partial charge in [0.1, 0.15) is 0 Å². The van der Waals surface area contributed by atoms with E-state index in [9.17, 15) is 4.79 Å². The third-order valence-corrected chi connectivity index (χ3v) is 8.63. The molecule has 3 atom stereocenters. The number of likely N-dealkylation sites (tertiary alicyclic amines) is 1. The third-order valence-electron chi connectivity index (χ3n) is 8.63. The number of methoxy groups -OCH3 is 1. The first-order chi connectivity index (χ1) is 15.6. The normalized spacial score (nSPS) is 32.9. The molecule has 32 heavy (non-hydrogen) atoms. The molecule has 0 N–H and O–H groups in total. The van der Waals surface area contributed by atoms with E-state index in [0.29, 0.717) is 23.4 Å². The molecule has 7 rings (SSSR count). The average Bonchev–Trinajstić information content (AvgIpc) is 3.37. The molecule has 1 aliphatic heterocycles. The van der Waals surface area contributed by atoms with E-state index >= 15 is 0 Å². The molecule has 3 heteroatoms. The molecule has 0 radical (unpaired) electrons. The van der Waals surface area contributed by atoms with Crippen LogP contribution in [0.5, 0.6) is 0 Å². The van der Waals surface area contributed by atoms with Crippen LogP contribution in [0.1, 0.15) is 51.8 Å². The van der Waals surface area contributed by atoms with E-state index in [4.69, 9.17) is 4.74 Å². The summed E-state index contributed by atoms with van der Waals surface area (Å²) in [6.07, 6.45) is 2.33. The Morgan fingerprint density at radius 3 is 2.22 bits per heavy atom. The minimum absolute atomic E-state index is 0.0738. The van der Waals surface area contributed by atoms with Crippen LogP contribution in [0.15, 0.2) is 84.9 Å². The molecule has 3 aromatic rings. The van der Waals surface area contributed by atoms with Crippen LogP contribution in [0, 0.1) is 11.3 Å². The number of hydrogen-bond acceptors (Lipinski definition) is 3. The van der Waals surface area contributed by atoms with E-state index in [-0.39, 0.29) is 16.8 Å². The molecule has 3 aliphatic carbocycles. The Morgan fingerprint density at radius 2 is 1.56 bits per heavy atom. The Hall–Kier alpha value is -2.91. The number of ether oxygens (including phenoxy) is 1. The zero-order chi connectivity index (χ0) is 21.9. The molecule has 2 bridgehead atoms. The topological polar surface area (TPSA) is 29.5 Å². The summed E-state index contributed by atoms with van der Waals surface area (Å²) in [5.74, 6) is 0.795. The largest absolute Gasteiger partial charge is 0.465 e. The predicted molar refractivity (Wildman–Crippen MR) is 126 cm³/mol. The molecule has 1 unspecified atom stereocenters.